The van der Waals surface area contributed by atoms with Crippen LogP contribution in [0.25, 0.3) is 10.8 Å². The summed E-state index contributed by atoms with van der Waals surface area (Å²) in [6.07, 6.45) is 0.470. The summed E-state index contributed by atoms with van der Waals surface area (Å²) in [6, 6.07) is 11.1. The number of rotatable bonds is 5. The summed E-state index contributed by atoms with van der Waals surface area (Å²) >= 11 is 0. The van der Waals surface area contributed by atoms with Gasteiger partial charge in [-0.2, -0.15) is 0 Å². The van der Waals surface area contributed by atoms with Gasteiger partial charge in [0.25, 0.3) is 0 Å². The van der Waals surface area contributed by atoms with Crippen LogP contribution in [0.3, 0.4) is 0 Å². The predicted octanol–water partition coefficient (Wildman–Crippen LogP) is 3.40. The Balaban J connectivity index is 2.51. The van der Waals surface area contributed by atoms with E-state index in [4.69, 9.17) is 4.74 Å². The first-order valence-electron chi connectivity index (χ1n) is 6.30. The summed E-state index contributed by atoms with van der Waals surface area (Å²) in [5.74, 6) is 0.713. The van der Waals surface area contributed by atoms with Gasteiger partial charge in [-0.25, -0.2) is 0 Å². The van der Waals surface area contributed by atoms with Crippen molar-refractivity contribution in [2.75, 3.05) is 6.61 Å². The highest BCUT2D eigenvalue weighted by Gasteiger charge is 2.11. The van der Waals surface area contributed by atoms with Crippen LogP contribution < -0.4 is 4.74 Å². The Morgan fingerprint density at radius 2 is 1.74 bits per heavy atom. The third-order valence-corrected chi connectivity index (χ3v) is 2.94. The monoisotopic (exact) mass is 256 g/mol. The van der Waals surface area contributed by atoms with Gasteiger partial charge in [0.05, 0.1) is 0 Å². The quantitative estimate of drug-likeness (QED) is 0.770. The summed E-state index contributed by atoms with van der Waals surface area (Å²) in [7, 11) is 0. The van der Waals surface area contributed by atoms with Gasteiger partial charge < -0.3 is 4.74 Å². The molecule has 0 heterocycles. The number of ether oxygens (including phenoxy) is 1. The van der Waals surface area contributed by atoms with Crippen LogP contribution in [0.4, 0.5) is 0 Å². The van der Waals surface area contributed by atoms with Gasteiger partial charge in [-0.3, -0.25) is 9.59 Å². The van der Waals surface area contributed by atoms with Gasteiger partial charge in [-0.05, 0) is 24.4 Å². The van der Waals surface area contributed by atoms with Crippen molar-refractivity contribution in [3.63, 3.8) is 0 Å². The lowest BCUT2D eigenvalue weighted by molar-refractivity contribution is -0.118. The van der Waals surface area contributed by atoms with Crippen LogP contribution in [-0.2, 0) is 4.79 Å². The Kier molecular flexibility index (Phi) is 3.95. The number of carbonyl (C=O) groups excluding carboxylic acids is 2. The molecule has 0 spiro atoms. The zero-order valence-corrected chi connectivity index (χ0v) is 11.1. The second-order valence-electron chi connectivity index (χ2n) is 4.42. The fraction of sp³-hybridized carbons (Fsp3) is 0.250. The minimum atomic E-state index is -0.0298. The first-order valence-corrected chi connectivity index (χ1v) is 6.30. The molecule has 0 aliphatic heterocycles. The van der Waals surface area contributed by atoms with E-state index in [-0.39, 0.29) is 18.2 Å². The zero-order valence-electron chi connectivity index (χ0n) is 11.1. The fourth-order valence-corrected chi connectivity index (χ4v) is 2.01. The molecule has 19 heavy (non-hydrogen) atoms. The number of benzene rings is 2. The molecule has 0 radical (unpaired) electrons. The van der Waals surface area contributed by atoms with Crippen molar-refractivity contribution >= 4 is 22.3 Å². The molecule has 3 heteroatoms. The number of carbonyl (C=O) groups is 2. The molecule has 0 aromatic heterocycles. The lowest BCUT2D eigenvalue weighted by Crippen LogP contribution is -2.07. The van der Waals surface area contributed by atoms with Crippen LogP contribution in [-0.4, -0.2) is 18.2 Å². The molecule has 98 valence electrons. The second-order valence-corrected chi connectivity index (χ2v) is 4.42. The maximum Gasteiger partial charge on any atom is 0.167 e. The van der Waals surface area contributed by atoms with Crippen LogP contribution in [0.15, 0.2) is 36.4 Å². The largest absolute Gasteiger partial charge is 0.485 e. The van der Waals surface area contributed by atoms with Crippen molar-refractivity contribution in [1.82, 2.24) is 0 Å². The fourth-order valence-electron chi connectivity index (χ4n) is 2.01. The molecule has 0 saturated heterocycles. The molecule has 2 rings (SSSR count). The zero-order chi connectivity index (χ0) is 13.8. The first-order chi connectivity index (χ1) is 9.13. The average Bonchev–Trinajstić information content (AvgIpc) is 2.43. The van der Waals surface area contributed by atoms with Gasteiger partial charge in [-0.1, -0.05) is 31.2 Å². The van der Waals surface area contributed by atoms with Crippen molar-refractivity contribution in [2.45, 2.75) is 20.3 Å². The van der Waals surface area contributed by atoms with Gasteiger partial charge in [0.2, 0.25) is 0 Å². The topological polar surface area (TPSA) is 43.4 Å². The lowest BCUT2D eigenvalue weighted by atomic mass is 9.99. The number of ketones is 2. The van der Waals surface area contributed by atoms with Crippen LogP contribution in [0.1, 0.15) is 30.6 Å². The molecular formula is C16H16O3. The molecule has 0 aliphatic carbocycles. The van der Waals surface area contributed by atoms with Crippen LogP contribution in [0.2, 0.25) is 0 Å². The summed E-state index contributed by atoms with van der Waals surface area (Å²) in [5, 5.41) is 1.73. The van der Waals surface area contributed by atoms with Gasteiger partial charge in [0, 0.05) is 17.4 Å². The van der Waals surface area contributed by atoms with Crippen LogP contribution >= 0.6 is 0 Å². The third-order valence-electron chi connectivity index (χ3n) is 2.94. The normalized spacial score (nSPS) is 10.4. The Bertz CT molecular complexity index is 629. The molecule has 0 fully saturated rings. The summed E-state index contributed by atoms with van der Waals surface area (Å²) < 4.78 is 5.49. The van der Waals surface area contributed by atoms with Gasteiger partial charge in [-0.15, -0.1) is 0 Å². The highest BCUT2D eigenvalue weighted by molar-refractivity contribution is 6.09. The predicted molar refractivity (Wildman–Crippen MR) is 74.7 cm³/mol. The van der Waals surface area contributed by atoms with E-state index in [0.29, 0.717) is 17.7 Å². The van der Waals surface area contributed by atoms with E-state index in [0.717, 1.165) is 10.8 Å². The van der Waals surface area contributed by atoms with E-state index in [2.05, 4.69) is 0 Å². The first kappa shape index (κ1) is 13.3. The highest BCUT2D eigenvalue weighted by atomic mass is 16.5. The van der Waals surface area contributed by atoms with Crippen LogP contribution in [0.5, 0.6) is 5.75 Å². The Hall–Kier alpha value is -2.16. The Morgan fingerprint density at radius 3 is 2.37 bits per heavy atom. The smallest absolute Gasteiger partial charge is 0.167 e. The SMILES string of the molecule is CCC(=O)c1ccc(OCC(C)=O)c2ccccc12. The van der Waals surface area contributed by atoms with E-state index in [9.17, 15) is 9.59 Å². The molecule has 0 N–H and O–H groups in total. The van der Waals surface area contributed by atoms with Crippen molar-refractivity contribution in [2.24, 2.45) is 0 Å². The molecule has 0 bridgehead atoms. The Morgan fingerprint density at radius 1 is 1.05 bits per heavy atom. The molecule has 3 nitrogen and oxygen atoms in total. The molecule has 0 atom stereocenters. The van der Waals surface area contributed by atoms with Crippen molar-refractivity contribution in [3.05, 3.63) is 42.0 Å². The van der Waals surface area contributed by atoms with Crippen molar-refractivity contribution in [3.8, 4) is 5.75 Å². The maximum absolute atomic E-state index is 11.9. The van der Waals surface area contributed by atoms with E-state index >= 15 is 0 Å². The Labute approximate surface area is 112 Å². The average molecular weight is 256 g/mol. The molecule has 0 saturated carbocycles. The standard InChI is InChI=1S/C16H16O3/c1-3-15(18)13-8-9-16(19-10-11(2)17)14-7-5-4-6-12(13)14/h4-9H,3,10H2,1-2H3. The number of Topliss-reactive ketones (excluding diaryl/α,β-unsaturated/α-hetero) is 2. The number of fused-ring (bicyclic) bond motifs is 1. The van der Waals surface area contributed by atoms with Crippen LogP contribution in [0, 0.1) is 0 Å². The van der Waals surface area contributed by atoms with E-state index in [1.807, 2.05) is 31.2 Å². The molecule has 2 aromatic carbocycles. The van der Waals surface area contributed by atoms with Crippen molar-refractivity contribution < 1.29 is 14.3 Å². The molecule has 2 aromatic rings. The molecule has 0 aliphatic rings. The molecular weight excluding hydrogens is 240 g/mol. The second kappa shape index (κ2) is 5.65. The van der Waals surface area contributed by atoms with E-state index in [1.54, 1.807) is 12.1 Å². The summed E-state index contributed by atoms with van der Waals surface area (Å²) in [4.78, 5) is 22.9. The summed E-state index contributed by atoms with van der Waals surface area (Å²) in [5.41, 5.74) is 0.702. The minimum absolute atomic E-state index is 0.0298. The summed E-state index contributed by atoms with van der Waals surface area (Å²) in [6.45, 7) is 3.37. The number of hydrogen-bond acceptors (Lipinski definition) is 3. The van der Waals surface area contributed by atoms with Gasteiger partial charge >= 0.3 is 0 Å². The number of hydrogen-bond donors (Lipinski definition) is 0. The molecule has 0 amide bonds. The maximum atomic E-state index is 11.9. The lowest BCUT2D eigenvalue weighted by Gasteiger charge is -2.10. The third kappa shape index (κ3) is 2.81. The van der Waals surface area contributed by atoms with E-state index in [1.165, 1.54) is 6.92 Å². The minimum Gasteiger partial charge on any atom is -0.485 e. The van der Waals surface area contributed by atoms with E-state index < -0.39 is 0 Å². The molecule has 0 unspecified atom stereocenters. The van der Waals surface area contributed by atoms with Gasteiger partial charge in [0.15, 0.2) is 11.6 Å². The van der Waals surface area contributed by atoms with Crippen molar-refractivity contribution in [1.29, 1.82) is 0 Å². The highest BCUT2D eigenvalue weighted by Crippen LogP contribution is 2.29. The van der Waals surface area contributed by atoms with Gasteiger partial charge in [0.1, 0.15) is 12.4 Å².